The second kappa shape index (κ2) is 4.45. The Morgan fingerprint density at radius 1 is 1.57 bits per heavy atom. The summed E-state index contributed by atoms with van der Waals surface area (Å²) in [6.45, 7) is 3.26. The van der Waals surface area contributed by atoms with Gasteiger partial charge in [-0.2, -0.15) is 13.2 Å². The molecule has 0 aromatic heterocycles. The van der Waals surface area contributed by atoms with Gasteiger partial charge in [0.25, 0.3) is 0 Å². The van der Waals surface area contributed by atoms with E-state index in [1.807, 2.05) is 0 Å². The summed E-state index contributed by atoms with van der Waals surface area (Å²) in [7, 11) is 0.865. The van der Waals surface area contributed by atoms with E-state index < -0.39 is 24.1 Å². The first kappa shape index (κ1) is 13.0. The van der Waals surface area contributed by atoms with Crippen molar-refractivity contribution in [1.29, 1.82) is 0 Å². The van der Waals surface area contributed by atoms with Crippen LogP contribution in [0.5, 0.6) is 0 Å². The third kappa shape index (κ3) is 2.47. The number of halogens is 3. The van der Waals surface area contributed by atoms with Gasteiger partial charge in [0.1, 0.15) is 0 Å². The maximum absolute atomic E-state index is 12.4. The summed E-state index contributed by atoms with van der Waals surface area (Å²) in [5.41, 5.74) is 2.03. The van der Waals surface area contributed by atoms with Crippen LogP contribution in [0.15, 0.2) is 12.7 Å². The second-order valence-corrected chi connectivity index (χ2v) is 2.79. The van der Waals surface area contributed by atoms with Crippen LogP contribution in [0.4, 0.5) is 13.2 Å². The Kier molecular flexibility index (Phi) is 4.12. The van der Waals surface area contributed by atoms with Gasteiger partial charge in [-0.1, -0.05) is 6.08 Å². The number of esters is 1. The number of hydrogen-bond acceptors (Lipinski definition) is 3. The Balaban J connectivity index is 4.85. The first-order valence-corrected chi connectivity index (χ1v) is 3.84. The van der Waals surface area contributed by atoms with E-state index in [0.717, 1.165) is 7.11 Å². The minimum atomic E-state index is -4.82. The van der Waals surface area contributed by atoms with Crippen LogP contribution in [-0.2, 0) is 9.53 Å². The summed E-state index contributed by atoms with van der Waals surface area (Å²) < 4.78 is 41.2. The van der Waals surface area contributed by atoms with E-state index in [4.69, 9.17) is 5.73 Å². The van der Waals surface area contributed by atoms with Crippen LogP contribution in [0, 0.1) is 0 Å². The van der Waals surface area contributed by atoms with Gasteiger partial charge in [-0.3, -0.25) is 0 Å². The first-order valence-electron chi connectivity index (χ1n) is 3.84. The number of rotatable bonds is 4. The van der Waals surface area contributed by atoms with Crippen molar-refractivity contribution in [2.75, 3.05) is 7.11 Å². The number of ether oxygens (including phenoxy) is 1. The lowest BCUT2D eigenvalue weighted by atomic mass is 9.94. The fourth-order valence-electron chi connectivity index (χ4n) is 0.871. The minimum absolute atomic E-state index is 0.00882. The van der Waals surface area contributed by atoms with E-state index in [0.29, 0.717) is 0 Å². The van der Waals surface area contributed by atoms with Crippen molar-refractivity contribution in [1.82, 2.24) is 0 Å². The lowest BCUT2D eigenvalue weighted by molar-refractivity contribution is -0.205. The maximum atomic E-state index is 12.4. The highest BCUT2D eigenvalue weighted by molar-refractivity contribution is 5.81. The smallest absolute Gasteiger partial charge is 0.417 e. The standard InChI is InChI=1S/C8H12F3NO2/c1-3-4-5-7(12,6(13)14-2)8(9,10)11/h3H,1,4-5,12H2,2H3/t7-/m1/s1. The van der Waals surface area contributed by atoms with Gasteiger partial charge in [-0.25, -0.2) is 4.79 Å². The van der Waals surface area contributed by atoms with Gasteiger partial charge >= 0.3 is 12.1 Å². The molecule has 0 unspecified atom stereocenters. The van der Waals surface area contributed by atoms with Gasteiger partial charge in [-0.15, -0.1) is 6.58 Å². The van der Waals surface area contributed by atoms with Crippen molar-refractivity contribution in [3.05, 3.63) is 12.7 Å². The Hall–Kier alpha value is -1.04. The van der Waals surface area contributed by atoms with E-state index in [1.165, 1.54) is 6.08 Å². The number of hydrogen-bond donors (Lipinski definition) is 1. The fraction of sp³-hybridized carbons (Fsp3) is 0.625. The van der Waals surface area contributed by atoms with E-state index in [2.05, 4.69) is 11.3 Å². The molecule has 2 N–H and O–H groups in total. The van der Waals surface area contributed by atoms with E-state index >= 15 is 0 Å². The van der Waals surface area contributed by atoms with Gasteiger partial charge in [0.15, 0.2) is 0 Å². The molecule has 6 heteroatoms. The summed E-state index contributed by atoms with van der Waals surface area (Å²) in [4.78, 5) is 10.9. The van der Waals surface area contributed by atoms with Crippen LogP contribution in [0.3, 0.4) is 0 Å². The molecule has 1 atom stereocenters. The zero-order valence-electron chi connectivity index (χ0n) is 7.73. The second-order valence-electron chi connectivity index (χ2n) is 2.79. The number of nitrogens with two attached hydrogens (primary N) is 1. The molecule has 0 radical (unpaired) electrons. The Bertz CT molecular complexity index is 227. The highest BCUT2D eigenvalue weighted by Crippen LogP contribution is 2.33. The zero-order valence-corrected chi connectivity index (χ0v) is 7.73. The molecule has 0 aliphatic heterocycles. The lowest BCUT2D eigenvalue weighted by Gasteiger charge is -2.28. The van der Waals surface area contributed by atoms with Gasteiger partial charge in [-0.05, 0) is 12.8 Å². The van der Waals surface area contributed by atoms with E-state index in [-0.39, 0.29) is 6.42 Å². The Labute approximate surface area is 79.7 Å². The number of allylic oxidation sites excluding steroid dienone is 1. The molecule has 0 bridgehead atoms. The molecule has 82 valence electrons. The highest BCUT2D eigenvalue weighted by Gasteiger charge is 2.58. The average Bonchev–Trinajstić information content (AvgIpc) is 2.10. The normalized spacial score (nSPS) is 15.8. The molecule has 0 saturated heterocycles. The summed E-state index contributed by atoms with van der Waals surface area (Å²) in [6.07, 6.45) is -4.13. The van der Waals surface area contributed by atoms with Crippen LogP contribution in [0.2, 0.25) is 0 Å². The van der Waals surface area contributed by atoms with Crippen LogP contribution >= 0.6 is 0 Å². The molecule has 0 aliphatic rings. The summed E-state index contributed by atoms with van der Waals surface area (Å²) in [6, 6.07) is 0. The fourth-order valence-corrected chi connectivity index (χ4v) is 0.871. The van der Waals surface area contributed by atoms with Gasteiger partial charge in [0.05, 0.1) is 7.11 Å². The lowest BCUT2D eigenvalue weighted by Crippen LogP contribution is -2.60. The van der Waals surface area contributed by atoms with Gasteiger partial charge in [0.2, 0.25) is 5.54 Å². The molecule has 0 aromatic carbocycles. The summed E-state index contributed by atoms with van der Waals surface area (Å²) in [5, 5.41) is 0. The Morgan fingerprint density at radius 3 is 2.36 bits per heavy atom. The number of methoxy groups -OCH3 is 1. The number of alkyl halides is 3. The van der Waals surface area contributed by atoms with Crippen LogP contribution in [-0.4, -0.2) is 24.8 Å². The molecule has 0 aliphatic carbocycles. The van der Waals surface area contributed by atoms with Crippen molar-refractivity contribution in [3.8, 4) is 0 Å². The van der Waals surface area contributed by atoms with Crippen molar-refractivity contribution < 1.29 is 22.7 Å². The Morgan fingerprint density at radius 2 is 2.07 bits per heavy atom. The third-order valence-corrected chi connectivity index (χ3v) is 1.80. The molecule has 0 saturated carbocycles. The topological polar surface area (TPSA) is 52.3 Å². The summed E-state index contributed by atoms with van der Waals surface area (Å²) >= 11 is 0. The molecule has 3 nitrogen and oxygen atoms in total. The van der Waals surface area contributed by atoms with Crippen LogP contribution in [0.25, 0.3) is 0 Å². The van der Waals surface area contributed by atoms with Crippen molar-refractivity contribution in [3.63, 3.8) is 0 Å². The highest BCUT2D eigenvalue weighted by atomic mass is 19.4. The maximum Gasteiger partial charge on any atom is 0.417 e. The van der Waals surface area contributed by atoms with Crippen LogP contribution < -0.4 is 5.73 Å². The van der Waals surface area contributed by atoms with Gasteiger partial charge in [0, 0.05) is 0 Å². The molecular formula is C8H12F3NO2. The number of carbonyl (C=O) groups excluding carboxylic acids is 1. The quantitative estimate of drug-likeness (QED) is 0.564. The molecule has 0 rings (SSSR count). The zero-order chi connectivity index (χ0) is 11.4. The molecule has 0 fully saturated rings. The third-order valence-electron chi connectivity index (χ3n) is 1.80. The summed E-state index contributed by atoms with van der Waals surface area (Å²) in [5.74, 6) is -1.48. The first-order chi connectivity index (χ1) is 6.29. The number of carbonyl (C=O) groups is 1. The van der Waals surface area contributed by atoms with Crippen LogP contribution in [0.1, 0.15) is 12.8 Å². The van der Waals surface area contributed by atoms with Crippen molar-refractivity contribution in [2.24, 2.45) is 5.73 Å². The molecular weight excluding hydrogens is 199 g/mol. The molecule has 0 amide bonds. The molecule has 0 heterocycles. The molecule has 0 spiro atoms. The van der Waals surface area contributed by atoms with Gasteiger partial charge < -0.3 is 10.5 Å². The monoisotopic (exact) mass is 211 g/mol. The average molecular weight is 211 g/mol. The largest absolute Gasteiger partial charge is 0.467 e. The van der Waals surface area contributed by atoms with E-state index in [9.17, 15) is 18.0 Å². The minimum Gasteiger partial charge on any atom is -0.467 e. The van der Waals surface area contributed by atoms with Crippen molar-refractivity contribution in [2.45, 2.75) is 24.6 Å². The SMILES string of the molecule is C=CCC[C@@](N)(C(=O)OC)C(F)(F)F. The predicted molar refractivity (Wildman–Crippen MR) is 44.4 cm³/mol. The molecule has 0 aromatic rings. The van der Waals surface area contributed by atoms with Crippen molar-refractivity contribution >= 4 is 5.97 Å². The predicted octanol–water partition coefficient (Wildman–Crippen LogP) is 1.39. The van der Waals surface area contributed by atoms with E-state index in [1.54, 1.807) is 0 Å². The molecule has 14 heavy (non-hydrogen) atoms.